The second-order valence-electron chi connectivity index (χ2n) is 7.03. The van der Waals surface area contributed by atoms with Gasteiger partial charge in [-0.1, -0.05) is 19.9 Å². The molecule has 124 valence electrons. The molecular weight excluding hydrogens is 278 g/mol. The van der Waals surface area contributed by atoms with E-state index in [9.17, 15) is 0 Å². The van der Waals surface area contributed by atoms with E-state index in [1.165, 1.54) is 0 Å². The molecule has 1 rings (SSSR count). The van der Waals surface area contributed by atoms with Crippen LogP contribution in [0.2, 0.25) is 0 Å². The fourth-order valence-electron chi connectivity index (χ4n) is 2.06. The van der Waals surface area contributed by atoms with E-state index < -0.39 is 0 Å². The van der Waals surface area contributed by atoms with Crippen LogP contribution in [0.4, 0.5) is 0 Å². The molecule has 0 unspecified atom stereocenters. The van der Waals surface area contributed by atoms with Crippen molar-refractivity contribution < 1.29 is 9.47 Å². The van der Waals surface area contributed by atoms with Gasteiger partial charge >= 0.3 is 0 Å². The zero-order valence-electron chi connectivity index (χ0n) is 14.8. The molecule has 0 radical (unpaired) electrons. The highest BCUT2D eigenvalue weighted by molar-refractivity contribution is 5.78. The van der Waals surface area contributed by atoms with Gasteiger partial charge in [0.15, 0.2) is 17.5 Å². The van der Waals surface area contributed by atoms with Gasteiger partial charge in [-0.25, -0.2) is 0 Å². The van der Waals surface area contributed by atoms with Gasteiger partial charge in [-0.15, -0.1) is 0 Å². The van der Waals surface area contributed by atoms with Gasteiger partial charge in [0.2, 0.25) is 0 Å². The van der Waals surface area contributed by atoms with Crippen molar-refractivity contribution in [2.24, 2.45) is 10.7 Å². The van der Waals surface area contributed by atoms with Crippen LogP contribution in [0.5, 0.6) is 11.5 Å². The maximum absolute atomic E-state index is 5.94. The number of benzene rings is 1. The Bertz CT molecular complexity index is 531. The summed E-state index contributed by atoms with van der Waals surface area (Å²) >= 11 is 0. The van der Waals surface area contributed by atoms with Gasteiger partial charge in [-0.3, -0.25) is 4.99 Å². The van der Waals surface area contributed by atoms with E-state index in [1.54, 1.807) is 14.2 Å². The van der Waals surface area contributed by atoms with Crippen LogP contribution < -0.4 is 20.5 Å². The Labute approximate surface area is 133 Å². The number of nitrogens with two attached hydrogens (primary N) is 1. The Morgan fingerprint density at radius 3 is 2.18 bits per heavy atom. The first-order valence-electron chi connectivity index (χ1n) is 7.39. The van der Waals surface area contributed by atoms with Crippen molar-refractivity contribution in [1.82, 2.24) is 5.32 Å². The SMILES string of the molecule is COc1ccc(C(C)(C)CN=C(N)NC(C)(C)C)cc1OC. The molecule has 5 nitrogen and oxygen atoms in total. The van der Waals surface area contributed by atoms with E-state index >= 15 is 0 Å². The Kier molecular flexibility index (Phi) is 5.69. The number of hydrogen-bond donors (Lipinski definition) is 2. The number of ether oxygens (including phenoxy) is 2. The maximum atomic E-state index is 5.94. The third-order valence-electron chi connectivity index (χ3n) is 3.31. The molecule has 0 fully saturated rings. The first kappa shape index (κ1) is 18.1. The highest BCUT2D eigenvalue weighted by Crippen LogP contribution is 2.33. The number of nitrogens with zero attached hydrogens (tertiary/aromatic N) is 1. The van der Waals surface area contributed by atoms with Crippen LogP contribution in [0, 0.1) is 0 Å². The summed E-state index contributed by atoms with van der Waals surface area (Å²) < 4.78 is 10.6. The summed E-state index contributed by atoms with van der Waals surface area (Å²) in [4.78, 5) is 4.47. The Morgan fingerprint density at radius 2 is 1.68 bits per heavy atom. The van der Waals surface area contributed by atoms with Gasteiger partial charge in [0, 0.05) is 11.0 Å². The number of aliphatic imine (C=N–C) groups is 1. The molecule has 0 bridgehead atoms. The predicted molar refractivity (Wildman–Crippen MR) is 92.0 cm³/mol. The fourth-order valence-corrected chi connectivity index (χ4v) is 2.06. The van der Waals surface area contributed by atoms with Gasteiger partial charge in [0.1, 0.15) is 0 Å². The molecule has 22 heavy (non-hydrogen) atoms. The smallest absolute Gasteiger partial charge is 0.189 e. The normalized spacial score (nSPS) is 13.0. The number of rotatable bonds is 5. The Hall–Kier alpha value is -1.91. The van der Waals surface area contributed by atoms with Crippen molar-refractivity contribution >= 4 is 5.96 Å². The number of methoxy groups -OCH3 is 2. The van der Waals surface area contributed by atoms with Crippen molar-refractivity contribution in [3.05, 3.63) is 23.8 Å². The molecule has 0 spiro atoms. The molecule has 5 heteroatoms. The molecule has 0 saturated carbocycles. The minimum Gasteiger partial charge on any atom is -0.493 e. The van der Waals surface area contributed by atoms with Crippen molar-refractivity contribution in [3.63, 3.8) is 0 Å². The van der Waals surface area contributed by atoms with Crippen molar-refractivity contribution in [2.45, 2.75) is 45.6 Å². The quantitative estimate of drug-likeness (QED) is 0.648. The highest BCUT2D eigenvalue weighted by Gasteiger charge is 2.22. The minimum atomic E-state index is -0.163. The Morgan fingerprint density at radius 1 is 1.09 bits per heavy atom. The molecule has 0 atom stereocenters. The zero-order chi connectivity index (χ0) is 17.0. The lowest BCUT2D eigenvalue weighted by atomic mass is 9.84. The molecule has 0 aromatic heterocycles. The van der Waals surface area contributed by atoms with Crippen molar-refractivity contribution in [2.75, 3.05) is 20.8 Å². The molecule has 0 saturated heterocycles. The highest BCUT2D eigenvalue weighted by atomic mass is 16.5. The van der Waals surface area contributed by atoms with Crippen LogP contribution in [0.25, 0.3) is 0 Å². The lowest BCUT2D eigenvalue weighted by Crippen LogP contribution is -2.45. The van der Waals surface area contributed by atoms with Crippen LogP contribution in [0.1, 0.15) is 40.2 Å². The molecule has 1 aromatic carbocycles. The average molecular weight is 307 g/mol. The first-order chi connectivity index (χ1) is 10.1. The third-order valence-corrected chi connectivity index (χ3v) is 3.31. The van der Waals surface area contributed by atoms with Crippen LogP contribution in [0.15, 0.2) is 23.2 Å². The standard InChI is InChI=1S/C17H29N3O2/c1-16(2,3)20-15(18)19-11-17(4,5)12-8-9-13(21-6)14(10-12)22-7/h8-10H,11H2,1-7H3,(H3,18,19,20). The van der Waals surface area contributed by atoms with E-state index in [2.05, 4.69) is 44.9 Å². The van der Waals surface area contributed by atoms with E-state index in [1.807, 2.05) is 18.2 Å². The number of hydrogen-bond acceptors (Lipinski definition) is 3. The number of guanidine groups is 1. The monoisotopic (exact) mass is 307 g/mol. The zero-order valence-corrected chi connectivity index (χ0v) is 14.8. The van der Waals surface area contributed by atoms with E-state index in [0.717, 1.165) is 17.1 Å². The van der Waals surface area contributed by atoms with Crippen molar-refractivity contribution in [1.29, 1.82) is 0 Å². The summed E-state index contributed by atoms with van der Waals surface area (Å²) in [5.74, 6) is 1.90. The summed E-state index contributed by atoms with van der Waals surface area (Å²) in [5, 5.41) is 3.17. The average Bonchev–Trinajstić information content (AvgIpc) is 2.42. The predicted octanol–water partition coefficient (Wildman–Crippen LogP) is 2.68. The van der Waals surface area contributed by atoms with Gasteiger partial charge in [0.05, 0.1) is 20.8 Å². The van der Waals surface area contributed by atoms with Crippen LogP contribution in [-0.2, 0) is 5.41 Å². The largest absolute Gasteiger partial charge is 0.493 e. The molecular formula is C17H29N3O2. The van der Waals surface area contributed by atoms with Crippen LogP contribution >= 0.6 is 0 Å². The molecule has 0 amide bonds. The lowest BCUT2D eigenvalue weighted by Gasteiger charge is -2.26. The van der Waals surface area contributed by atoms with Crippen molar-refractivity contribution in [3.8, 4) is 11.5 Å². The maximum Gasteiger partial charge on any atom is 0.189 e. The lowest BCUT2D eigenvalue weighted by molar-refractivity contribution is 0.353. The van der Waals surface area contributed by atoms with E-state index in [-0.39, 0.29) is 11.0 Å². The molecule has 0 aliphatic heterocycles. The van der Waals surface area contributed by atoms with Gasteiger partial charge in [-0.05, 0) is 38.5 Å². The fraction of sp³-hybridized carbons (Fsp3) is 0.588. The van der Waals surface area contributed by atoms with Gasteiger partial charge in [-0.2, -0.15) is 0 Å². The summed E-state index contributed by atoms with van der Waals surface area (Å²) in [6.45, 7) is 11.0. The van der Waals surface area contributed by atoms with E-state index in [4.69, 9.17) is 15.2 Å². The van der Waals surface area contributed by atoms with Gasteiger partial charge in [0.25, 0.3) is 0 Å². The summed E-state index contributed by atoms with van der Waals surface area (Å²) in [6, 6.07) is 5.93. The molecule has 0 aliphatic carbocycles. The Balaban J connectivity index is 2.92. The first-order valence-corrected chi connectivity index (χ1v) is 7.39. The van der Waals surface area contributed by atoms with E-state index in [0.29, 0.717) is 12.5 Å². The third kappa shape index (κ3) is 5.13. The second-order valence-corrected chi connectivity index (χ2v) is 7.03. The molecule has 3 N–H and O–H groups in total. The van der Waals surface area contributed by atoms with Crippen LogP contribution in [-0.4, -0.2) is 32.3 Å². The molecule has 0 aliphatic rings. The summed E-state index contributed by atoms with van der Waals surface area (Å²) in [5.41, 5.74) is 6.80. The van der Waals surface area contributed by atoms with Gasteiger partial charge < -0.3 is 20.5 Å². The van der Waals surface area contributed by atoms with Crippen LogP contribution in [0.3, 0.4) is 0 Å². The topological polar surface area (TPSA) is 68.9 Å². The minimum absolute atomic E-state index is 0.0962. The molecule has 0 heterocycles. The number of nitrogens with one attached hydrogen (secondary N) is 1. The second kappa shape index (κ2) is 6.90. The molecule has 1 aromatic rings. The summed E-state index contributed by atoms with van der Waals surface area (Å²) in [6.07, 6.45) is 0. The summed E-state index contributed by atoms with van der Waals surface area (Å²) in [7, 11) is 3.27.